The van der Waals surface area contributed by atoms with E-state index in [1.54, 1.807) is 36.2 Å². The van der Waals surface area contributed by atoms with Crippen molar-refractivity contribution in [2.24, 2.45) is 5.16 Å². The van der Waals surface area contributed by atoms with Crippen LogP contribution in [0.1, 0.15) is 41.1 Å². The first-order chi connectivity index (χ1) is 20.0. The van der Waals surface area contributed by atoms with Gasteiger partial charge in [0, 0.05) is 60.8 Å². The molecule has 0 spiro atoms. The normalized spacial score (nSPS) is 18.3. The van der Waals surface area contributed by atoms with Crippen LogP contribution >= 0.6 is 46.4 Å². The van der Waals surface area contributed by atoms with Gasteiger partial charge in [-0.05, 0) is 68.8 Å². The highest BCUT2D eigenvalue weighted by Gasteiger charge is 2.31. The molecule has 2 saturated heterocycles. The van der Waals surface area contributed by atoms with E-state index >= 15 is 0 Å². The SMILES string of the molecule is CO/N=C(/CN(C)C(=O)c1cc(Cl)cc(Cl)c1)C(CCN1CCC(N2CCN(C)CC2=O)CC1)c1ccc(Cl)c(Cl)c1. The Bertz CT molecular complexity index is 1280. The lowest BCUT2D eigenvalue weighted by Gasteiger charge is -2.42. The Balaban J connectivity index is 1.47. The molecule has 2 aromatic rings. The van der Waals surface area contributed by atoms with Crippen LogP contribution in [-0.4, -0.2) is 110 Å². The fourth-order valence-electron chi connectivity index (χ4n) is 5.74. The number of likely N-dealkylation sites (N-methyl/N-ethyl adjacent to an activating group) is 1. The number of oxime groups is 1. The van der Waals surface area contributed by atoms with Crippen molar-refractivity contribution in [3.8, 4) is 0 Å². The van der Waals surface area contributed by atoms with Crippen molar-refractivity contribution < 1.29 is 14.4 Å². The van der Waals surface area contributed by atoms with Crippen molar-refractivity contribution in [3.63, 3.8) is 0 Å². The molecule has 2 amide bonds. The topological polar surface area (TPSA) is 68.7 Å². The maximum Gasteiger partial charge on any atom is 0.254 e. The van der Waals surface area contributed by atoms with Gasteiger partial charge in [-0.2, -0.15) is 0 Å². The second-order valence-corrected chi connectivity index (χ2v) is 12.7. The van der Waals surface area contributed by atoms with E-state index in [2.05, 4.69) is 19.9 Å². The first-order valence-corrected chi connectivity index (χ1v) is 15.5. The van der Waals surface area contributed by atoms with Gasteiger partial charge in [-0.3, -0.25) is 14.5 Å². The maximum atomic E-state index is 13.3. The van der Waals surface area contributed by atoms with E-state index in [0.29, 0.717) is 44.0 Å². The average Bonchev–Trinajstić information content (AvgIpc) is 2.94. The highest BCUT2D eigenvalue weighted by Crippen LogP contribution is 2.31. The largest absolute Gasteiger partial charge is 0.399 e. The summed E-state index contributed by atoms with van der Waals surface area (Å²) in [5.74, 6) is -0.201. The van der Waals surface area contributed by atoms with Crippen LogP contribution in [0.5, 0.6) is 0 Å². The summed E-state index contributed by atoms with van der Waals surface area (Å²) in [7, 11) is 5.19. The minimum atomic E-state index is -0.239. The smallest absolute Gasteiger partial charge is 0.254 e. The van der Waals surface area contributed by atoms with Gasteiger partial charge >= 0.3 is 0 Å². The van der Waals surface area contributed by atoms with Crippen molar-refractivity contribution >= 4 is 63.9 Å². The lowest BCUT2D eigenvalue weighted by molar-refractivity contribution is -0.139. The fourth-order valence-corrected chi connectivity index (χ4v) is 6.58. The zero-order valence-electron chi connectivity index (χ0n) is 24.2. The molecule has 0 N–H and O–H groups in total. The Morgan fingerprint density at radius 3 is 2.33 bits per heavy atom. The summed E-state index contributed by atoms with van der Waals surface area (Å²) in [6.07, 6.45) is 2.62. The Hall–Kier alpha value is -2.07. The molecule has 1 atom stereocenters. The molecule has 42 heavy (non-hydrogen) atoms. The van der Waals surface area contributed by atoms with Crippen LogP contribution in [0.2, 0.25) is 20.1 Å². The standard InChI is InChI=1S/C30H37Cl4N5O3/c1-36-12-13-39(29(40)19-36)24-6-9-38(10-7-24)11-8-25(20-4-5-26(33)27(34)16-20)28(35-42-3)18-37(2)30(41)21-14-22(31)17-23(32)15-21/h4-5,14-17,24-25H,6-13,18-19H2,1-3H3/b35-28-. The molecular formula is C30H37Cl4N5O3. The van der Waals surface area contributed by atoms with Gasteiger partial charge in [0.2, 0.25) is 5.91 Å². The maximum absolute atomic E-state index is 13.3. The molecule has 1 unspecified atom stereocenters. The quantitative estimate of drug-likeness (QED) is 0.239. The number of nitrogens with zero attached hydrogens (tertiary/aromatic N) is 5. The van der Waals surface area contributed by atoms with Crippen LogP contribution in [-0.2, 0) is 9.63 Å². The highest BCUT2D eigenvalue weighted by atomic mass is 35.5. The number of benzene rings is 2. The molecule has 0 aromatic heterocycles. The van der Waals surface area contributed by atoms with Crippen LogP contribution in [0.4, 0.5) is 0 Å². The van der Waals surface area contributed by atoms with Crippen LogP contribution < -0.4 is 0 Å². The average molecular weight is 657 g/mol. The number of hydrogen-bond donors (Lipinski definition) is 0. The molecule has 0 bridgehead atoms. The molecular weight excluding hydrogens is 620 g/mol. The van der Waals surface area contributed by atoms with E-state index in [1.807, 2.05) is 19.2 Å². The molecule has 2 aromatic carbocycles. The monoisotopic (exact) mass is 655 g/mol. The van der Waals surface area contributed by atoms with Crippen molar-refractivity contribution in [2.45, 2.75) is 31.2 Å². The van der Waals surface area contributed by atoms with Gasteiger partial charge in [0.05, 0.1) is 28.8 Å². The van der Waals surface area contributed by atoms with Crippen molar-refractivity contribution in [1.82, 2.24) is 19.6 Å². The first-order valence-electron chi connectivity index (χ1n) is 14.0. The summed E-state index contributed by atoms with van der Waals surface area (Å²) in [4.78, 5) is 39.3. The van der Waals surface area contributed by atoms with E-state index in [4.69, 9.17) is 51.2 Å². The number of piperidine rings is 1. The second kappa shape index (κ2) is 15.1. The zero-order chi connectivity index (χ0) is 30.4. The summed E-state index contributed by atoms with van der Waals surface area (Å²) in [5, 5.41) is 6.08. The number of likely N-dealkylation sites (tertiary alicyclic amines) is 1. The van der Waals surface area contributed by atoms with Gasteiger partial charge in [0.15, 0.2) is 0 Å². The van der Waals surface area contributed by atoms with Crippen LogP contribution in [0.15, 0.2) is 41.6 Å². The van der Waals surface area contributed by atoms with Gasteiger partial charge in [-0.25, -0.2) is 0 Å². The third-order valence-corrected chi connectivity index (χ3v) is 9.17. The number of carbonyl (C=O) groups excluding carboxylic acids is 2. The number of carbonyl (C=O) groups is 2. The molecule has 2 fully saturated rings. The minimum Gasteiger partial charge on any atom is -0.399 e. The molecule has 0 saturated carbocycles. The number of amides is 2. The van der Waals surface area contributed by atoms with Gasteiger partial charge in [0.1, 0.15) is 7.11 Å². The predicted octanol–water partition coefficient (Wildman–Crippen LogP) is 5.79. The third kappa shape index (κ3) is 8.52. The Morgan fingerprint density at radius 2 is 1.71 bits per heavy atom. The summed E-state index contributed by atoms with van der Waals surface area (Å²) in [6.45, 7) is 5.04. The van der Waals surface area contributed by atoms with E-state index in [9.17, 15) is 9.59 Å². The third-order valence-electron chi connectivity index (χ3n) is 7.99. The van der Waals surface area contributed by atoms with E-state index in [0.717, 1.165) is 57.5 Å². The Labute approximate surface area is 268 Å². The molecule has 0 radical (unpaired) electrons. The number of piperazine rings is 1. The van der Waals surface area contributed by atoms with Gasteiger partial charge in [-0.15, -0.1) is 0 Å². The lowest BCUT2D eigenvalue weighted by atomic mass is 9.89. The summed E-state index contributed by atoms with van der Waals surface area (Å²) in [5.41, 5.74) is 2.00. The number of rotatable bonds is 10. The summed E-state index contributed by atoms with van der Waals surface area (Å²) >= 11 is 25.0. The van der Waals surface area contributed by atoms with Gasteiger partial charge in [0.25, 0.3) is 5.91 Å². The highest BCUT2D eigenvalue weighted by molar-refractivity contribution is 6.42. The number of halogens is 4. The molecule has 2 heterocycles. The van der Waals surface area contributed by atoms with Crippen molar-refractivity contribution in [1.29, 1.82) is 0 Å². The van der Waals surface area contributed by atoms with E-state index in [-0.39, 0.29) is 24.3 Å². The molecule has 0 aliphatic carbocycles. The molecule has 2 aliphatic rings. The van der Waals surface area contributed by atoms with E-state index in [1.165, 1.54) is 7.11 Å². The number of hydrogen-bond acceptors (Lipinski definition) is 6. The molecule has 228 valence electrons. The summed E-state index contributed by atoms with van der Waals surface area (Å²) < 4.78 is 0. The van der Waals surface area contributed by atoms with Gasteiger partial charge in [-0.1, -0.05) is 57.6 Å². The van der Waals surface area contributed by atoms with Crippen LogP contribution in [0.3, 0.4) is 0 Å². The molecule has 4 rings (SSSR count). The minimum absolute atomic E-state index is 0.185. The van der Waals surface area contributed by atoms with Crippen molar-refractivity contribution in [2.75, 3.05) is 67.0 Å². The molecule has 8 nitrogen and oxygen atoms in total. The van der Waals surface area contributed by atoms with Crippen LogP contribution in [0.25, 0.3) is 0 Å². The molecule has 12 heteroatoms. The van der Waals surface area contributed by atoms with Gasteiger partial charge < -0.3 is 19.5 Å². The Kier molecular flexibility index (Phi) is 11.8. The predicted molar refractivity (Wildman–Crippen MR) is 170 cm³/mol. The first kappa shape index (κ1) is 32.8. The van der Waals surface area contributed by atoms with Crippen molar-refractivity contribution in [3.05, 3.63) is 67.6 Å². The summed E-state index contributed by atoms with van der Waals surface area (Å²) in [6, 6.07) is 10.6. The lowest BCUT2D eigenvalue weighted by Crippen LogP contribution is -2.55. The van der Waals surface area contributed by atoms with Crippen LogP contribution in [0, 0.1) is 0 Å². The molecule has 2 aliphatic heterocycles. The Morgan fingerprint density at radius 1 is 1.02 bits per heavy atom. The van der Waals surface area contributed by atoms with E-state index < -0.39 is 0 Å². The zero-order valence-corrected chi connectivity index (χ0v) is 27.2. The second-order valence-electron chi connectivity index (χ2n) is 11.0. The fraction of sp³-hybridized carbons (Fsp3) is 0.500.